The maximum atomic E-state index is 13.0. The lowest BCUT2D eigenvalue weighted by Crippen LogP contribution is -2.27. The number of benzene rings is 1. The van der Waals surface area contributed by atoms with Gasteiger partial charge in [-0.3, -0.25) is 0 Å². The van der Waals surface area contributed by atoms with Gasteiger partial charge in [-0.15, -0.1) is 0 Å². The van der Waals surface area contributed by atoms with Crippen molar-refractivity contribution in [3.8, 4) is 0 Å². The summed E-state index contributed by atoms with van der Waals surface area (Å²) in [7, 11) is 2.17. The van der Waals surface area contributed by atoms with Crippen LogP contribution in [-0.4, -0.2) is 31.1 Å². The highest BCUT2D eigenvalue weighted by atomic mass is 19.1. The largest absolute Gasteiger partial charge is 0.313 e. The number of nitrogens with zero attached hydrogens (tertiary/aromatic N) is 1. The van der Waals surface area contributed by atoms with Crippen molar-refractivity contribution in [1.82, 2.24) is 10.2 Å². The third-order valence-electron chi connectivity index (χ3n) is 3.62. The molecule has 0 aliphatic carbocycles. The van der Waals surface area contributed by atoms with Gasteiger partial charge >= 0.3 is 0 Å². The summed E-state index contributed by atoms with van der Waals surface area (Å²) in [5.41, 5.74) is 2.20. The number of hydrogen-bond acceptors (Lipinski definition) is 2. The third-order valence-corrected chi connectivity index (χ3v) is 3.62. The Morgan fingerprint density at radius 3 is 2.63 bits per heavy atom. The number of hydrogen-bond donors (Lipinski definition) is 1. The molecule has 0 bridgehead atoms. The van der Waals surface area contributed by atoms with E-state index in [0.29, 0.717) is 6.04 Å². The fourth-order valence-corrected chi connectivity index (χ4v) is 1.95. The molecule has 0 radical (unpaired) electrons. The summed E-state index contributed by atoms with van der Waals surface area (Å²) in [6, 6.07) is 5.61. The van der Waals surface area contributed by atoms with E-state index in [4.69, 9.17) is 0 Å². The van der Waals surface area contributed by atoms with E-state index in [-0.39, 0.29) is 5.82 Å². The Morgan fingerprint density at radius 1 is 1.26 bits per heavy atom. The van der Waals surface area contributed by atoms with Crippen LogP contribution in [0.1, 0.15) is 37.8 Å². The highest BCUT2D eigenvalue weighted by Gasteiger charge is 2.02. The first-order valence-electron chi connectivity index (χ1n) is 7.16. The first kappa shape index (κ1) is 16.1. The first-order valence-corrected chi connectivity index (χ1v) is 7.16. The lowest BCUT2D eigenvalue weighted by Gasteiger charge is -2.20. The molecule has 1 aromatic carbocycles. The van der Waals surface area contributed by atoms with Crippen molar-refractivity contribution >= 4 is 0 Å². The minimum Gasteiger partial charge on any atom is -0.313 e. The average Bonchev–Trinajstić information content (AvgIpc) is 2.35. The van der Waals surface area contributed by atoms with Gasteiger partial charge in [0.05, 0.1) is 0 Å². The maximum Gasteiger partial charge on any atom is 0.123 e. The second-order valence-electron chi connectivity index (χ2n) is 5.53. The maximum absolute atomic E-state index is 13.0. The van der Waals surface area contributed by atoms with E-state index >= 15 is 0 Å². The van der Waals surface area contributed by atoms with E-state index in [9.17, 15) is 4.39 Å². The van der Waals surface area contributed by atoms with Crippen LogP contribution in [0.5, 0.6) is 0 Å². The SMILES string of the molecule is Cc1cc(F)ccc1CNCCCCN(C)C(C)C. The zero-order chi connectivity index (χ0) is 14.3. The van der Waals surface area contributed by atoms with Crippen molar-refractivity contribution in [2.24, 2.45) is 0 Å². The van der Waals surface area contributed by atoms with E-state index in [2.05, 4.69) is 31.1 Å². The van der Waals surface area contributed by atoms with Gasteiger partial charge in [-0.1, -0.05) is 6.07 Å². The summed E-state index contributed by atoms with van der Waals surface area (Å²) >= 11 is 0. The van der Waals surface area contributed by atoms with Crippen LogP contribution in [0.4, 0.5) is 4.39 Å². The molecule has 2 nitrogen and oxygen atoms in total. The van der Waals surface area contributed by atoms with Crippen molar-refractivity contribution in [3.05, 3.63) is 35.1 Å². The minimum atomic E-state index is -0.155. The van der Waals surface area contributed by atoms with Crippen LogP contribution in [-0.2, 0) is 6.54 Å². The summed E-state index contributed by atoms with van der Waals surface area (Å²) < 4.78 is 13.0. The van der Waals surface area contributed by atoms with Gasteiger partial charge in [-0.25, -0.2) is 4.39 Å². The Balaban J connectivity index is 2.14. The van der Waals surface area contributed by atoms with Crippen LogP contribution in [0.3, 0.4) is 0 Å². The Labute approximate surface area is 117 Å². The number of nitrogens with one attached hydrogen (secondary N) is 1. The number of unbranched alkanes of at least 4 members (excludes halogenated alkanes) is 1. The number of aryl methyl sites for hydroxylation is 1. The second kappa shape index (κ2) is 8.28. The molecule has 108 valence electrons. The Kier molecular flexibility index (Phi) is 7.03. The van der Waals surface area contributed by atoms with E-state index < -0.39 is 0 Å². The predicted molar refractivity (Wildman–Crippen MR) is 79.8 cm³/mol. The Morgan fingerprint density at radius 2 is 2.00 bits per heavy atom. The summed E-state index contributed by atoms with van der Waals surface area (Å²) in [4.78, 5) is 2.37. The third kappa shape index (κ3) is 6.17. The van der Waals surface area contributed by atoms with Crippen LogP contribution in [0.2, 0.25) is 0 Å². The standard InChI is InChI=1S/C16H27FN2/c1-13(2)19(4)10-6-5-9-18-12-15-7-8-16(17)11-14(15)3/h7-8,11,13,18H,5-6,9-10,12H2,1-4H3. The molecule has 0 saturated carbocycles. The lowest BCUT2D eigenvalue weighted by atomic mass is 10.1. The molecule has 0 atom stereocenters. The predicted octanol–water partition coefficient (Wildman–Crippen LogP) is 3.34. The van der Waals surface area contributed by atoms with Crippen LogP contribution in [0.15, 0.2) is 18.2 Å². The topological polar surface area (TPSA) is 15.3 Å². The molecule has 19 heavy (non-hydrogen) atoms. The number of halogens is 1. The highest BCUT2D eigenvalue weighted by Crippen LogP contribution is 2.09. The molecule has 0 aliphatic rings. The molecule has 0 heterocycles. The molecule has 1 N–H and O–H groups in total. The van der Waals surface area contributed by atoms with Crippen molar-refractivity contribution in [1.29, 1.82) is 0 Å². The summed E-state index contributed by atoms with van der Waals surface area (Å²) in [5, 5.41) is 3.42. The van der Waals surface area contributed by atoms with Gasteiger partial charge < -0.3 is 10.2 Å². The van der Waals surface area contributed by atoms with E-state index in [1.807, 2.05) is 13.0 Å². The van der Waals surface area contributed by atoms with E-state index in [1.54, 1.807) is 6.07 Å². The monoisotopic (exact) mass is 266 g/mol. The Bertz CT molecular complexity index is 377. The van der Waals surface area contributed by atoms with Crippen LogP contribution in [0.25, 0.3) is 0 Å². The van der Waals surface area contributed by atoms with E-state index in [1.165, 1.54) is 24.5 Å². The minimum absolute atomic E-state index is 0.155. The molecule has 1 aromatic rings. The van der Waals surface area contributed by atoms with Crippen molar-refractivity contribution in [2.75, 3.05) is 20.1 Å². The summed E-state index contributed by atoms with van der Waals surface area (Å²) in [6.45, 7) is 9.38. The summed E-state index contributed by atoms with van der Waals surface area (Å²) in [5.74, 6) is -0.155. The van der Waals surface area contributed by atoms with Crippen LogP contribution >= 0.6 is 0 Å². The number of rotatable bonds is 8. The molecule has 1 rings (SSSR count). The fourth-order valence-electron chi connectivity index (χ4n) is 1.95. The smallest absolute Gasteiger partial charge is 0.123 e. The molecular formula is C16H27FN2. The molecule has 0 fully saturated rings. The molecular weight excluding hydrogens is 239 g/mol. The van der Waals surface area contributed by atoms with Gasteiger partial charge in [0.25, 0.3) is 0 Å². The van der Waals surface area contributed by atoms with Crippen molar-refractivity contribution in [2.45, 2.75) is 46.2 Å². The first-order chi connectivity index (χ1) is 9.00. The van der Waals surface area contributed by atoms with Gasteiger partial charge in [0.2, 0.25) is 0 Å². The second-order valence-corrected chi connectivity index (χ2v) is 5.53. The van der Waals surface area contributed by atoms with Crippen molar-refractivity contribution < 1.29 is 4.39 Å². The van der Waals surface area contributed by atoms with Gasteiger partial charge in [-0.05, 0) is 77.0 Å². The van der Waals surface area contributed by atoms with E-state index in [0.717, 1.165) is 25.2 Å². The Hall–Kier alpha value is -0.930. The zero-order valence-electron chi connectivity index (χ0n) is 12.7. The average molecular weight is 266 g/mol. The normalized spacial score (nSPS) is 11.5. The van der Waals surface area contributed by atoms with Gasteiger partial charge in [0.15, 0.2) is 0 Å². The molecule has 0 amide bonds. The molecule has 0 aromatic heterocycles. The molecule has 3 heteroatoms. The lowest BCUT2D eigenvalue weighted by molar-refractivity contribution is 0.268. The van der Waals surface area contributed by atoms with Gasteiger partial charge in [0.1, 0.15) is 5.82 Å². The van der Waals surface area contributed by atoms with Gasteiger partial charge in [0, 0.05) is 12.6 Å². The highest BCUT2D eigenvalue weighted by molar-refractivity contribution is 5.26. The van der Waals surface area contributed by atoms with Crippen LogP contribution in [0, 0.1) is 12.7 Å². The quantitative estimate of drug-likeness (QED) is 0.726. The molecule has 0 unspecified atom stereocenters. The molecule has 0 aliphatic heterocycles. The van der Waals surface area contributed by atoms with Crippen molar-refractivity contribution in [3.63, 3.8) is 0 Å². The molecule has 0 saturated heterocycles. The van der Waals surface area contributed by atoms with Gasteiger partial charge in [-0.2, -0.15) is 0 Å². The van der Waals surface area contributed by atoms with Crippen LogP contribution < -0.4 is 5.32 Å². The molecule has 0 spiro atoms. The summed E-state index contributed by atoms with van der Waals surface area (Å²) in [6.07, 6.45) is 2.39. The zero-order valence-corrected chi connectivity index (χ0v) is 12.7. The fraction of sp³-hybridized carbons (Fsp3) is 0.625.